The molecule has 16 nitrogen and oxygen atoms in total. The van der Waals surface area contributed by atoms with E-state index in [0.717, 1.165) is 31.4 Å². The van der Waals surface area contributed by atoms with Crippen molar-refractivity contribution in [2.45, 2.75) is 38.8 Å². The van der Waals surface area contributed by atoms with Gasteiger partial charge in [-0.05, 0) is 26.2 Å². The van der Waals surface area contributed by atoms with Crippen molar-refractivity contribution >= 4 is 52.3 Å². The van der Waals surface area contributed by atoms with Crippen LogP contribution in [0.4, 0.5) is 24.3 Å². The summed E-state index contributed by atoms with van der Waals surface area (Å²) in [6.07, 6.45) is 1.33. The van der Waals surface area contributed by atoms with Crippen LogP contribution in [0.15, 0.2) is 45.5 Å². The number of hydrogen-bond acceptors (Lipinski definition) is 10. The zero-order chi connectivity index (χ0) is 33.7. The van der Waals surface area contributed by atoms with Gasteiger partial charge in [-0.2, -0.15) is 13.2 Å². The van der Waals surface area contributed by atoms with Crippen molar-refractivity contribution in [3.63, 3.8) is 0 Å². The molecule has 2 aromatic rings. The number of guanidine groups is 1. The number of alkyl halides is 3. The van der Waals surface area contributed by atoms with Crippen LogP contribution in [0, 0.1) is 6.92 Å². The van der Waals surface area contributed by atoms with Gasteiger partial charge in [0.25, 0.3) is 5.56 Å². The van der Waals surface area contributed by atoms with Crippen LogP contribution in [0.25, 0.3) is 0 Å². The van der Waals surface area contributed by atoms with Crippen molar-refractivity contribution in [2.75, 3.05) is 23.7 Å². The average molecular weight is 650 g/mol. The molecule has 2 aromatic heterocycles. The summed E-state index contributed by atoms with van der Waals surface area (Å²) in [4.78, 5) is 63.9. The fourth-order valence-corrected chi connectivity index (χ4v) is 3.32. The Bertz CT molecular complexity index is 1320. The summed E-state index contributed by atoms with van der Waals surface area (Å²) in [5, 5.41) is 39.1. The monoisotopic (exact) mass is 649 g/mol. The third-order valence-corrected chi connectivity index (χ3v) is 5.03. The van der Waals surface area contributed by atoms with E-state index in [9.17, 15) is 37.1 Å². The van der Waals surface area contributed by atoms with E-state index in [1.54, 1.807) is 6.92 Å². The number of aromatic amines is 1. The second kappa shape index (κ2) is 20.6. The molecular weight excluding hydrogens is 619 g/mol. The number of unbranched alkanes of at least 4 members (excludes halogenated alkanes) is 2. The first-order valence-corrected chi connectivity index (χ1v) is 13.0. The Morgan fingerprint density at radius 3 is 2.00 bits per heavy atom. The van der Waals surface area contributed by atoms with E-state index in [1.165, 1.54) is 17.4 Å². The first kappa shape index (κ1) is 38.7. The molecule has 44 heavy (non-hydrogen) atoms. The molecule has 2 rings (SSSR count). The van der Waals surface area contributed by atoms with Crippen molar-refractivity contribution in [3.8, 4) is 0 Å². The highest BCUT2D eigenvalue weighted by molar-refractivity contribution is 7.13. The Kier molecular flexibility index (Phi) is 18.1. The molecule has 0 aliphatic heterocycles. The van der Waals surface area contributed by atoms with Crippen LogP contribution in [0.3, 0.4) is 0 Å². The van der Waals surface area contributed by atoms with Gasteiger partial charge in [0.15, 0.2) is 11.1 Å². The van der Waals surface area contributed by atoms with E-state index in [4.69, 9.17) is 26.2 Å². The highest BCUT2D eigenvalue weighted by Crippen LogP contribution is 2.18. The van der Waals surface area contributed by atoms with Crippen LogP contribution >= 0.6 is 11.3 Å². The van der Waals surface area contributed by atoms with E-state index >= 15 is 0 Å². The van der Waals surface area contributed by atoms with Gasteiger partial charge in [-0.1, -0.05) is 6.42 Å². The molecule has 0 fully saturated rings. The van der Waals surface area contributed by atoms with E-state index in [1.807, 2.05) is 5.38 Å². The summed E-state index contributed by atoms with van der Waals surface area (Å²) in [5.74, 6) is -4.88. The first-order valence-electron chi connectivity index (χ1n) is 12.1. The van der Waals surface area contributed by atoms with E-state index in [2.05, 4.69) is 30.6 Å². The number of aliphatic imine (C=N–C) groups is 1. The van der Waals surface area contributed by atoms with Gasteiger partial charge in [0.2, 0.25) is 5.95 Å². The van der Waals surface area contributed by atoms with Crippen molar-refractivity contribution in [1.82, 2.24) is 15.0 Å². The van der Waals surface area contributed by atoms with E-state index in [-0.39, 0.29) is 11.5 Å². The molecule has 0 saturated heterocycles. The van der Waals surface area contributed by atoms with Crippen LogP contribution < -0.4 is 21.9 Å². The Hall–Kier alpha value is -5.27. The molecular formula is C24H30F3N7O9S. The van der Waals surface area contributed by atoms with Crippen LogP contribution in [0.2, 0.25) is 0 Å². The zero-order valence-electron chi connectivity index (χ0n) is 23.0. The minimum Gasteiger partial charge on any atom is -0.478 e. The Balaban J connectivity index is 0.000000947. The maximum Gasteiger partial charge on any atom is 0.408 e. The number of aromatic nitrogens is 3. The predicted octanol–water partition coefficient (Wildman–Crippen LogP) is 2.07. The number of anilines is 2. The van der Waals surface area contributed by atoms with Gasteiger partial charge < -0.3 is 36.8 Å². The lowest BCUT2D eigenvalue weighted by molar-refractivity contribution is -0.134. The number of nitrogens with one attached hydrogen (secondary N) is 3. The largest absolute Gasteiger partial charge is 0.478 e. The third kappa shape index (κ3) is 23.4. The molecule has 0 aliphatic carbocycles. The SMILES string of the molecule is Cc1cc(=O)[nH]c(NCCCCCc2csc(NC(N)=NCC(F)(F)F)n2)n1.O=C(O)/C=C\C(=O)O.O=C(O)/C=C\C(=O)O. The van der Waals surface area contributed by atoms with Gasteiger partial charge in [-0.25, -0.2) is 34.1 Å². The smallest absolute Gasteiger partial charge is 0.408 e. The molecule has 242 valence electrons. The normalized spacial score (nSPS) is 11.2. The number of aryl methyl sites for hydroxylation is 2. The summed E-state index contributed by atoms with van der Waals surface area (Å²) in [7, 11) is 0. The number of rotatable bonds is 13. The maximum atomic E-state index is 12.1. The Morgan fingerprint density at radius 2 is 1.52 bits per heavy atom. The number of carbonyl (C=O) groups is 4. The van der Waals surface area contributed by atoms with Crippen molar-refractivity contribution < 1.29 is 52.8 Å². The van der Waals surface area contributed by atoms with Gasteiger partial charge in [-0.15, -0.1) is 11.3 Å². The summed E-state index contributed by atoms with van der Waals surface area (Å²) in [6, 6.07) is 1.43. The first-order chi connectivity index (χ1) is 20.5. The molecule has 0 spiro atoms. The lowest BCUT2D eigenvalue weighted by Gasteiger charge is -2.05. The van der Waals surface area contributed by atoms with E-state index < -0.39 is 36.6 Å². The fraction of sp³-hybridized carbons (Fsp3) is 0.333. The number of hydrogen-bond donors (Lipinski definition) is 8. The zero-order valence-corrected chi connectivity index (χ0v) is 23.8. The van der Waals surface area contributed by atoms with Crippen molar-refractivity contribution in [1.29, 1.82) is 0 Å². The third-order valence-electron chi connectivity index (χ3n) is 4.22. The van der Waals surface area contributed by atoms with Crippen LogP contribution in [-0.4, -0.2) is 84.5 Å². The summed E-state index contributed by atoms with van der Waals surface area (Å²) < 4.78 is 36.3. The quantitative estimate of drug-likeness (QED) is 0.0668. The lowest BCUT2D eigenvalue weighted by Crippen LogP contribution is -2.25. The molecule has 0 saturated carbocycles. The molecule has 20 heteroatoms. The molecule has 0 unspecified atom stereocenters. The highest BCUT2D eigenvalue weighted by atomic mass is 32.1. The number of nitrogens with two attached hydrogens (primary N) is 1. The molecule has 0 radical (unpaired) electrons. The number of nitrogens with zero attached hydrogens (tertiary/aromatic N) is 3. The van der Waals surface area contributed by atoms with Gasteiger partial charge in [0.1, 0.15) is 6.54 Å². The second-order valence-electron chi connectivity index (χ2n) is 8.08. The van der Waals surface area contributed by atoms with Gasteiger partial charge >= 0.3 is 30.1 Å². The number of carboxylic acids is 4. The van der Waals surface area contributed by atoms with Crippen LogP contribution in [-0.2, 0) is 25.6 Å². The molecule has 0 amide bonds. The lowest BCUT2D eigenvalue weighted by atomic mass is 10.1. The fourth-order valence-electron chi connectivity index (χ4n) is 2.57. The molecule has 9 N–H and O–H groups in total. The summed E-state index contributed by atoms with van der Waals surface area (Å²) >= 11 is 1.26. The van der Waals surface area contributed by atoms with Gasteiger partial charge in [0.05, 0.1) is 5.69 Å². The van der Waals surface area contributed by atoms with Crippen molar-refractivity contribution in [2.24, 2.45) is 10.7 Å². The second-order valence-corrected chi connectivity index (χ2v) is 8.94. The number of aliphatic carboxylic acids is 4. The molecule has 0 aromatic carbocycles. The minimum atomic E-state index is -4.39. The number of H-pyrrole nitrogens is 1. The number of halogens is 3. The number of carboxylic acid groups (broad SMARTS) is 4. The minimum absolute atomic E-state index is 0.188. The number of thiazole rings is 1. The van der Waals surface area contributed by atoms with E-state index in [0.29, 0.717) is 47.6 Å². The molecule has 2 heterocycles. The Labute approximate surface area is 250 Å². The standard InChI is InChI=1S/C16H22F3N7OS.2C4H4O4/c1-10-7-12(27)25-14(23-10)21-6-4-2-3-5-11-8-28-15(24-11)26-13(20)22-9-16(17,18)19;2*5-3(6)1-2-4(7)8/h7-8H,2-6,9H2,1H3,(H3,20,22,24,26)(H2,21,23,25,27);2*1-2H,(H,5,6)(H,7,8)/b;2*2-1-. The topological polar surface area (TPSA) is 270 Å². The van der Waals surface area contributed by atoms with Crippen LogP contribution in [0.1, 0.15) is 30.7 Å². The maximum absolute atomic E-state index is 12.1. The van der Waals surface area contributed by atoms with Crippen molar-refractivity contribution in [3.05, 3.63) is 57.5 Å². The van der Waals surface area contributed by atoms with Crippen LogP contribution in [0.5, 0.6) is 0 Å². The molecule has 0 atom stereocenters. The Morgan fingerprint density at radius 1 is 0.977 bits per heavy atom. The summed E-state index contributed by atoms with van der Waals surface area (Å²) in [5.41, 5.74) is 6.72. The molecule has 0 aliphatic rings. The van der Waals surface area contributed by atoms with Gasteiger partial charge in [-0.3, -0.25) is 9.78 Å². The summed E-state index contributed by atoms with van der Waals surface area (Å²) in [6.45, 7) is 1.11. The predicted molar refractivity (Wildman–Crippen MR) is 153 cm³/mol. The average Bonchev–Trinajstić information content (AvgIpc) is 3.34. The van der Waals surface area contributed by atoms with Gasteiger partial charge in [0, 0.05) is 48.0 Å². The highest BCUT2D eigenvalue weighted by Gasteiger charge is 2.26. The molecule has 0 bridgehead atoms.